The summed E-state index contributed by atoms with van der Waals surface area (Å²) in [4.78, 5) is 4.88. The van der Waals surface area contributed by atoms with Gasteiger partial charge in [-0.1, -0.05) is 25.1 Å². The lowest BCUT2D eigenvalue weighted by Gasteiger charge is -2.63. The lowest BCUT2D eigenvalue weighted by atomic mass is 9.47. The van der Waals surface area contributed by atoms with Crippen LogP contribution in [0.4, 0.5) is 5.69 Å². The highest BCUT2D eigenvalue weighted by Crippen LogP contribution is 2.61. The molecule has 2 saturated carbocycles. The lowest BCUT2D eigenvalue weighted by Crippen LogP contribution is -2.73. The van der Waals surface area contributed by atoms with Gasteiger partial charge in [-0.25, -0.2) is 0 Å². The Morgan fingerprint density at radius 2 is 1.88 bits per heavy atom. The minimum absolute atomic E-state index is 0.106. The molecule has 6 unspecified atom stereocenters. The maximum atomic E-state index is 11.7. The summed E-state index contributed by atoms with van der Waals surface area (Å²) in [5, 5.41) is 26.3. The summed E-state index contributed by atoms with van der Waals surface area (Å²) in [6.07, 6.45) is 2.02. The Bertz CT molecular complexity index is 758. The number of hydrogen-bond donors (Lipinski definition) is 3. The standard InChI is InChI=1S/C20H26N2O2/c1-18(2)13-8-12-15(22-18)9-20(24)11-6-4-5-7-14(11)21-17(20)19(12,3)10-16(13)23/h4-7,12-13,15-16,22-24H,8-10H2,1-3H3. The Hall–Kier alpha value is -1.23. The predicted octanol–water partition coefficient (Wildman–Crippen LogP) is 2.51. The van der Waals surface area contributed by atoms with Gasteiger partial charge in [-0.3, -0.25) is 4.99 Å². The Morgan fingerprint density at radius 1 is 1.12 bits per heavy atom. The number of benzene rings is 1. The molecule has 0 radical (unpaired) electrons. The third-order valence-corrected chi connectivity index (χ3v) is 7.42. The van der Waals surface area contributed by atoms with Crippen molar-refractivity contribution in [2.45, 2.75) is 63.3 Å². The molecule has 24 heavy (non-hydrogen) atoms. The highest BCUT2D eigenvalue weighted by Gasteiger charge is 2.65. The van der Waals surface area contributed by atoms with E-state index in [1.165, 1.54) is 0 Å². The second-order valence-electron chi connectivity index (χ2n) is 9.15. The van der Waals surface area contributed by atoms with Gasteiger partial charge >= 0.3 is 0 Å². The maximum Gasteiger partial charge on any atom is 0.132 e. The van der Waals surface area contributed by atoms with E-state index < -0.39 is 5.60 Å². The monoisotopic (exact) mass is 326 g/mol. The van der Waals surface area contributed by atoms with Gasteiger partial charge in [0.15, 0.2) is 0 Å². The summed E-state index contributed by atoms with van der Waals surface area (Å²) in [6.45, 7) is 6.59. The molecule has 4 heteroatoms. The predicted molar refractivity (Wildman–Crippen MR) is 93.4 cm³/mol. The molecule has 0 aromatic heterocycles. The largest absolute Gasteiger partial charge is 0.393 e. The van der Waals surface area contributed by atoms with Crippen LogP contribution in [0.1, 0.15) is 45.6 Å². The molecule has 2 heterocycles. The minimum atomic E-state index is -1.00. The van der Waals surface area contributed by atoms with Crippen LogP contribution in [0.15, 0.2) is 29.3 Å². The summed E-state index contributed by atoms with van der Waals surface area (Å²) in [7, 11) is 0. The van der Waals surface area contributed by atoms with Crippen LogP contribution in [0.25, 0.3) is 0 Å². The van der Waals surface area contributed by atoms with Crippen molar-refractivity contribution in [3.05, 3.63) is 29.8 Å². The van der Waals surface area contributed by atoms with E-state index in [1.807, 2.05) is 24.3 Å². The SMILES string of the molecule is CC1(C)NC2CC3(O)C(=Nc4ccccc43)C3(C)CC(O)C1CC23. The molecule has 3 N–H and O–H groups in total. The first-order valence-electron chi connectivity index (χ1n) is 9.13. The first-order valence-corrected chi connectivity index (χ1v) is 9.13. The van der Waals surface area contributed by atoms with Crippen LogP contribution in [0.3, 0.4) is 0 Å². The second kappa shape index (κ2) is 4.29. The molecule has 0 amide bonds. The summed E-state index contributed by atoms with van der Waals surface area (Å²) < 4.78 is 0. The molecule has 2 aliphatic carbocycles. The number of aliphatic hydroxyl groups excluding tert-OH is 1. The number of para-hydroxylation sites is 1. The lowest BCUT2D eigenvalue weighted by molar-refractivity contribution is -0.111. The van der Waals surface area contributed by atoms with E-state index in [0.717, 1.165) is 23.4 Å². The molecule has 5 rings (SSSR count). The number of nitrogens with zero attached hydrogens (tertiary/aromatic N) is 1. The van der Waals surface area contributed by atoms with Crippen molar-refractivity contribution in [3.8, 4) is 0 Å². The molecular weight excluding hydrogens is 300 g/mol. The van der Waals surface area contributed by atoms with Gasteiger partial charge in [0.05, 0.1) is 17.5 Å². The Kier molecular flexibility index (Phi) is 2.69. The zero-order valence-corrected chi connectivity index (χ0v) is 14.6. The van der Waals surface area contributed by atoms with Gasteiger partial charge in [-0.2, -0.15) is 0 Å². The van der Waals surface area contributed by atoms with Crippen molar-refractivity contribution in [2.75, 3.05) is 0 Å². The van der Waals surface area contributed by atoms with Gasteiger partial charge in [-0.15, -0.1) is 0 Å². The first-order chi connectivity index (χ1) is 11.3. The van der Waals surface area contributed by atoms with E-state index in [9.17, 15) is 10.2 Å². The molecule has 0 spiro atoms. The molecule has 2 bridgehead atoms. The molecule has 4 aliphatic rings. The number of piperidine rings is 1. The zero-order valence-electron chi connectivity index (χ0n) is 14.6. The average Bonchev–Trinajstić information content (AvgIpc) is 2.80. The first kappa shape index (κ1) is 15.1. The topological polar surface area (TPSA) is 64.8 Å². The number of nitrogens with one attached hydrogen (secondary N) is 1. The van der Waals surface area contributed by atoms with Gasteiger partial charge in [0.1, 0.15) is 5.60 Å². The molecule has 6 atom stereocenters. The van der Waals surface area contributed by atoms with E-state index in [1.54, 1.807) is 0 Å². The van der Waals surface area contributed by atoms with Crippen LogP contribution in [0, 0.1) is 17.3 Å². The van der Waals surface area contributed by atoms with Gasteiger partial charge in [0.25, 0.3) is 0 Å². The van der Waals surface area contributed by atoms with E-state index in [0.29, 0.717) is 18.8 Å². The molecule has 4 nitrogen and oxygen atoms in total. The van der Waals surface area contributed by atoms with Crippen LogP contribution < -0.4 is 5.32 Å². The summed E-state index contributed by atoms with van der Waals surface area (Å²) in [5.41, 5.74) is 1.35. The molecule has 128 valence electrons. The summed E-state index contributed by atoms with van der Waals surface area (Å²) >= 11 is 0. The quantitative estimate of drug-likeness (QED) is 0.686. The van der Waals surface area contributed by atoms with E-state index in [-0.39, 0.29) is 29.0 Å². The number of aliphatic imine (C=N–C) groups is 1. The average molecular weight is 326 g/mol. The third kappa shape index (κ3) is 1.62. The summed E-state index contributed by atoms with van der Waals surface area (Å²) in [6, 6.07) is 8.21. The van der Waals surface area contributed by atoms with Crippen LogP contribution >= 0.6 is 0 Å². The second-order valence-corrected chi connectivity index (χ2v) is 9.15. The van der Waals surface area contributed by atoms with E-state index in [4.69, 9.17) is 4.99 Å². The van der Waals surface area contributed by atoms with Crippen LogP contribution in [-0.4, -0.2) is 33.6 Å². The van der Waals surface area contributed by atoms with Crippen molar-refractivity contribution in [1.82, 2.24) is 5.32 Å². The fraction of sp³-hybridized carbons (Fsp3) is 0.650. The van der Waals surface area contributed by atoms with Gasteiger partial charge < -0.3 is 15.5 Å². The maximum absolute atomic E-state index is 11.7. The smallest absolute Gasteiger partial charge is 0.132 e. The Morgan fingerprint density at radius 3 is 2.67 bits per heavy atom. The van der Waals surface area contributed by atoms with E-state index >= 15 is 0 Å². The fourth-order valence-corrected chi connectivity index (χ4v) is 6.34. The Balaban J connectivity index is 1.69. The zero-order chi connectivity index (χ0) is 16.9. The molecule has 3 fully saturated rings. The van der Waals surface area contributed by atoms with Crippen molar-refractivity contribution < 1.29 is 10.2 Å². The highest BCUT2D eigenvalue weighted by atomic mass is 16.3. The number of rotatable bonds is 0. The van der Waals surface area contributed by atoms with Crippen molar-refractivity contribution in [3.63, 3.8) is 0 Å². The van der Waals surface area contributed by atoms with Crippen LogP contribution in [-0.2, 0) is 5.60 Å². The normalized spacial score (nSPS) is 47.6. The molecular formula is C20H26N2O2. The summed E-state index contributed by atoms with van der Waals surface area (Å²) in [5.74, 6) is 0.689. The fourth-order valence-electron chi connectivity index (χ4n) is 6.34. The van der Waals surface area contributed by atoms with Crippen molar-refractivity contribution in [2.24, 2.45) is 22.2 Å². The van der Waals surface area contributed by atoms with Crippen molar-refractivity contribution >= 4 is 11.4 Å². The Labute approximate surface area is 143 Å². The van der Waals surface area contributed by atoms with Gasteiger partial charge in [0, 0.05) is 34.9 Å². The molecule has 1 aromatic carbocycles. The number of aliphatic hydroxyl groups is 2. The third-order valence-electron chi connectivity index (χ3n) is 7.42. The number of hydrogen-bond acceptors (Lipinski definition) is 4. The van der Waals surface area contributed by atoms with E-state index in [2.05, 4.69) is 26.1 Å². The van der Waals surface area contributed by atoms with Crippen LogP contribution in [0.2, 0.25) is 0 Å². The van der Waals surface area contributed by atoms with Gasteiger partial charge in [-0.05, 0) is 38.7 Å². The minimum Gasteiger partial charge on any atom is -0.393 e. The van der Waals surface area contributed by atoms with Crippen molar-refractivity contribution in [1.29, 1.82) is 0 Å². The molecule has 1 aromatic rings. The molecule has 2 aliphatic heterocycles. The molecule has 1 saturated heterocycles. The van der Waals surface area contributed by atoms with Crippen LogP contribution in [0.5, 0.6) is 0 Å². The van der Waals surface area contributed by atoms with Gasteiger partial charge in [0.2, 0.25) is 0 Å². The number of fused-ring (bicyclic) bond motifs is 5. The highest BCUT2D eigenvalue weighted by molar-refractivity contribution is 6.05.